The fourth-order valence-electron chi connectivity index (χ4n) is 4.31. The van der Waals surface area contributed by atoms with E-state index in [0.29, 0.717) is 5.92 Å². The molecule has 0 N–H and O–H groups in total. The van der Waals surface area contributed by atoms with E-state index in [-0.39, 0.29) is 5.54 Å². The quantitative estimate of drug-likeness (QED) is 0.587. The van der Waals surface area contributed by atoms with Gasteiger partial charge in [-0.3, -0.25) is 0 Å². The molecule has 1 aliphatic heterocycles. The van der Waals surface area contributed by atoms with Crippen LogP contribution in [0.3, 0.4) is 0 Å². The molecule has 2 nitrogen and oxygen atoms in total. The molecule has 1 heterocycles. The molecule has 0 bridgehead atoms. The number of hydrogen-bond donors (Lipinski definition) is 0. The first-order chi connectivity index (χ1) is 12.7. The summed E-state index contributed by atoms with van der Waals surface area (Å²) in [6.45, 7) is 4.58. The third kappa shape index (κ3) is 2.37. The van der Waals surface area contributed by atoms with Gasteiger partial charge < -0.3 is 4.90 Å². The van der Waals surface area contributed by atoms with Crippen molar-refractivity contribution in [3.8, 4) is 0 Å². The molecule has 0 saturated heterocycles. The molecular weight excluding hydrogens is 316 g/mol. The summed E-state index contributed by atoms with van der Waals surface area (Å²) < 4.78 is 0. The number of likely N-dealkylation sites (N-methyl/N-ethyl adjacent to an activating group) is 1. The van der Waals surface area contributed by atoms with Crippen LogP contribution in [0.15, 0.2) is 89.9 Å². The molecule has 3 aromatic carbocycles. The average Bonchev–Trinajstić information content (AvgIpc) is 2.93. The predicted octanol–water partition coefficient (Wildman–Crippen LogP) is 5.81. The molecule has 0 spiro atoms. The van der Waals surface area contributed by atoms with E-state index >= 15 is 0 Å². The Morgan fingerprint density at radius 1 is 0.769 bits per heavy atom. The van der Waals surface area contributed by atoms with Gasteiger partial charge in [0, 0.05) is 18.3 Å². The standard InChI is InChI=1S/C24H24N2/c1-18(2)24(19-12-6-4-7-13-19)23(25-20-14-8-5-9-15-20)21-16-10-11-17-22(21)26(24)3/h4-18H,1-3H3/b25-23-. The summed E-state index contributed by atoms with van der Waals surface area (Å²) in [4.78, 5) is 7.58. The van der Waals surface area contributed by atoms with Crippen LogP contribution in [0.1, 0.15) is 25.0 Å². The summed E-state index contributed by atoms with van der Waals surface area (Å²) in [5.74, 6) is 0.352. The highest BCUT2D eigenvalue weighted by atomic mass is 15.2. The van der Waals surface area contributed by atoms with Crippen molar-refractivity contribution < 1.29 is 0 Å². The zero-order valence-electron chi connectivity index (χ0n) is 15.6. The van der Waals surface area contributed by atoms with Crippen molar-refractivity contribution >= 4 is 17.1 Å². The second-order valence-corrected chi connectivity index (χ2v) is 7.16. The number of aliphatic imine (C=N–C) groups is 1. The van der Waals surface area contributed by atoms with Gasteiger partial charge in [-0.25, -0.2) is 4.99 Å². The number of hydrogen-bond acceptors (Lipinski definition) is 2. The van der Waals surface area contributed by atoms with E-state index in [1.807, 2.05) is 18.2 Å². The Morgan fingerprint density at radius 2 is 1.35 bits per heavy atom. The molecule has 3 aromatic rings. The lowest BCUT2D eigenvalue weighted by atomic mass is 9.75. The van der Waals surface area contributed by atoms with Crippen LogP contribution >= 0.6 is 0 Å². The van der Waals surface area contributed by atoms with E-state index in [1.165, 1.54) is 16.8 Å². The van der Waals surface area contributed by atoms with Crippen molar-refractivity contribution in [3.05, 3.63) is 96.1 Å². The highest BCUT2D eigenvalue weighted by Gasteiger charge is 2.50. The van der Waals surface area contributed by atoms with Gasteiger partial charge in [-0.05, 0) is 29.7 Å². The molecule has 0 saturated carbocycles. The molecule has 0 radical (unpaired) electrons. The van der Waals surface area contributed by atoms with Gasteiger partial charge >= 0.3 is 0 Å². The van der Waals surface area contributed by atoms with Crippen molar-refractivity contribution in [1.29, 1.82) is 0 Å². The Kier molecular flexibility index (Phi) is 4.12. The SMILES string of the molecule is CC(C)C1(c2ccccc2)/C(=N\c2ccccc2)c2ccccc2N1C. The molecule has 130 valence electrons. The fourth-order valence-corrected chi connectivity index (χ4v) is 4.31. The Balaban J connectivity index is 2.04. The lowest BCUT2D eigenvalue weighted by Gasteiger charge is -2.42. The van der Waals surface area contributed by atoms with Crippen LogP contribution in [-0.4, -0.2) is 12.8 Å². The van der Waals surface area contributed by atoms with Crippen molar-refractivity contribution in [2.24, 2.45) is 10.9 Å². The van der Waals surface area contributed by atoms with Crippen LogP contribution < -0.4 is 4.90 Å². The number of fused-ring (bicyclic) bond motifs is 1. The van der Waals surface area contributed by atoms with Gasteiger partial charge in [-0.1, -0.05) is 80.6 Å². The zero-order chi connectivity index (χ0) is 18.1. The number of nitrogens with zero attached hydrogens (tertiary/aromatic N) is 2. The molecular formula is C24H24N2. The lowest BCUT2D eigenvalue weighted by molar-refractivity contribution is 0.417. The summed E-state index contributed by atoms with van der Waals surface area (Å²) in [5, 5.41) is 0. The molecule has 1 aliphatic rings. The van der Waals surface area contributed by atoms with Gasteiger partial charge in [0.1, 0.15) is 5.54 Å². The second-order valence-electron chi connectivity index (χ2n) is 7.16. The third-order valence-electron chi connectivity index (χ3n) is 5.46. The largest absolute Gasteiger partial charge is 0.359 e. The van der Waals surface area contributed by atoms with Crippen molar-refractivity contribution in [2.45, 2.75) is 19.4 Å². The zero-order valence-corrected chi connectivity index (χ0v) is 15.6. The molecule has 1 atom stereocenters. The Labute approximate surface area is 155 Å². The van der Waals surface area contributed by atoms with Crippen LogP contribution in [0, 0.1) is 5.92 Å². The van der Waals surface area contributed by atoms with Gasteiger partial charge in [0.15, 0.2) is 0 Å². The minimum absolute atomic E-state index is 0.291. The van der Waals surface area contributed by atoms with E-state index in [4.69, 9.17) is 4.99 Å². The minimum Gasteiger partial charge on any atom is -0.359 e. The van der Waals surface area contributed by atoms with Gasteiger partial charge in [0.05, 0.1) is 11.4 Å². The molecule has 4 rings (SSSR count). The number of rotatable bonds is 3. The van der Waals surface area contributed by atoms with Crippen LogP contribution in [0.4, 0.5) is 11.4 Å². The molecule has 1 unspecified atom stereocenters. The molecule has 26 heavy (non-hydrogen) atoms. The lowest BCUT2D eigenvalue weighted by Crippen LogP contribution is -2.50. The van der Waals surface area contributed by atoms with Gasteiger partial charge in [-0.2, -0.15) is 0 Å². The highest BCUT2D eigenvalue weighted by molar-refractivity contribution is 6.18. The minimum atomic E-state index is -0.291. The maximum atomic E-state index is 5.18. The summed E-state index contributed by atoms with van der Waals surface area (Å²) in [5.41, 5.74) is 5.57. The van der Waals surface area contributed by atoms with Gasteiger partial charge in [0.2, 0.25) is 0 Å². The first-order valence-electron chi connectivity index (χ1n) is 9.18. The molecule has 0 aliphatic carbocycles. The van der Waals surface area contributed by atoms with E-state index in [0.717, 1.165) is 11.4 Å². The van der Waals surface area contributed by atoms with E-state index in [1.54, 1.807) is 0 Å². The number of para-hydroxylation sites is 2. The Hall–Kier alpha value is -2.87. The molecule has 0 amide bonds. The van der Waals surface area contributed by atoms with E-state index < -0.39 is 0 Å². The topological polar surface area (TPSA) is 15.6 Å². The van der Waals surface area contributed by atoms with Crippen molar-refractivity contribution in [2.75, 3.05) is 11.9 Å². The third-order valence-corrected chi connectivity index (χ3v) is 5.46. The molecule has 0 fully saturated rings. The average molecular weight is 340 g/mol. The van der Waals surface area contributed by atoms with E-state index in [2.05, 4.69) is 92.5 Å². The van der Waals surface area contributed by atoms with E-state index in [9.17, 15) is 0 Å². The summed E-state index contributed by atoms with van der Waals surface area (Å²) in [7, 11) is 2.19. The summed E-state index contributed by atoms with van der Waals surface area (Å²) >= 11 is 0. The smallest absolute Gasteiger partial charge is 0.110 e. The Bertz CT molecular complexity index is 929. The maximum Gasteiger partial charge on any atom is 0.110 e. The first kappa shape index (κ1) is 16.6. The van der Waals surface area contributed by atoms with Crippen LogP contribution in [0.25, 0.3) is 0 Å². The molecule has 0 aromatic heterocycles. The summed E-state index contributed by atoms with van der Waals surface area (Å²) in [6.07, 6.45) is 0. The first-order valence-corrected chi connectivity index (χ1v) is 9.18. The Morgan fingerprint density at radius 3 is 2.00 bits per heavy atom. The van der Waals surface area contributed by atoms with Gasteiger partial charge in [-0.15, -0.1) is 0 Å². The second kappa shape index (κ2) is 6.45. The van der Waals surface area contributed by atoms with Gasteiger partial charge in [0.25, 0.3) is 0 Å². The maximum absolute atomic E-state index is 5.18. The normalized spacial score (nSPS) is 20.6. The fraction of sp³-hybridized carbons (Fsp3) is 0.208. The van der Waals surface area contributed by atoms with Crippen molar-refractivity contribution in [1.82, 2.24) is 0 Å². The van der Waals surface area contributed by atoms with Crippen LogP contribution in [0.2, 0.25) is 0 Å². The monoisotopic (exact) mass is 340 g/mol. The van der Waals surface area contributed by atoms with Crippen molar-refractivity contribution in [3.63, 3.8) is 0 Å². The molecule has 2 heteroatoms. The number of anilines is 1. The van der Waals surface area contributed by atoms with Crippen LogP contribution in [-0.2, 0) is 5.54 Å². The van der Waals surface area contributed by atoms with Crippen LogP contribution in [0.5, 0.6) is 0 Å². The summed E-state index contributed by atoms with van der Waals surface area (Å²) in [6, 6.07) is 29.6. The number of benzene rings is 3. The highest BCUT2D eigenvalue weighted by Crippen LogP contribution is 2.49. The predicted molar refractivity (Wildman–Crippen MR) is 110 cm³/mol.